The van der Waals surface area contributed by atoms with Crippen molar-refractivity contribution in [1.29, 1.82) is 0 Å². The average molecular weight is 247 g/mol. The third-order valence-electron chi connectivity index (χ3n) is 1.27. The van der Waals surface area contributed by atoms with E-state index in [1.54, 1.807) is 13.8 Å². The number of rotatable bonds is 4. The van der Waals surface area contributed by atoms with Gasteiger partial charge in [0.2, 0.25) is 0 Å². The highest BCUT2D eigenvalue weighted by Gasteiger charge is 2.20. The fraction of sp³-hybridized carbons (Fsp3) is 0.833. The van der Waals surface area contributed by atoms with Crippen molar-refractivity contribution in [3.63, 3.8) is 0 Å². The fourth-order valence-corrected chi connectivity index (χ4v) is 3.62. The smallest absolute Gasteiger partial charge is 0.404 e. The van der Waals surface area contributed by atoms with E-state index in [1.807, 2.05) is 0 Å². The quantitative estimate of drug-likeness (QED) is 0.560. The Kier molecular flexibility index (Phi) is 5.09. The molecule has 0 aliphatic rings. The molecule has 0 aromatic carbocycles. The SMILES string of the molecule is CC(OC(=O)Cl)C(C)SS(C)(=O)=O. The minimum atomic E-state index is -3.12. The van der Waals surface area contributed by atoms with Gasteiger partial charge in [0.25, 0.3) is 0 Å². The number of halogens is 1. The molecule has 0 aromatic rings. The summed E-state index contributed by atoms with van der Waals surface area (Å²) in [5.41, 5.74) is -0.923. The van der Waals surface area contributed by atoms with Gasteiger partial charge in [0.1, 0.15) is 6.10 Å². The zero-order valence-corrected chi connectivity index (χ0v) is 9.87. The van der Waals surface area contributed by atoms with Crippen LogP contribution in [0.1, 0.15) is 13.8 Å². The van der Waals surface area contributed by atoms with Crippen molar-refractivity contribution in [2.24, 2.45) is 0 Å². The molecule has 0 amide bonds. The second-order valence-electron chi connectivity index (χ2n) is 2.57. The zero-order chi connectivity index (χ0) is 10.6. The van der Waals surface area contributed by atoms with Crippen LogP contribution in [0.25, 0.3) is 0 Å². The summed E-state index contributed by atoms with van der Waals surface area (Å²) in [6, 6.07) is 0. The summed E-state index contributed by atoms with van der Waals surface area (Å²) in [5, 5.41) is -0.335. The lowest BCUT2D eigenvalue weighted by molar-refractivity contribution is 0.132. The van der Waals surface area contributed by atoms with Crippen LogP contribution in [0.15, 0.2) is 0 Å². The van der Waals surface area contributed by atoms with E-state index in [2.05, 4.69) is 4.74 Å². The molecule has 0 heterocycles. The Bertz CT molecular complexity index is 274. The second kappa shape index (κ2) is 5.07. The Hall–Kier alpha value is 0.0600. The third kappa shape index (κ3) is 7.16. The summed E-state index contributed by atoms with van der Waals surface area (Å²) in [7, 11) is -2.38. The Morgan fingerprint density at radius 3 is 2.23 bits per heavy atom. The molecule has 0 spiro atoms. The molecule has 2 unspecified atom stereocenters. The predicted molar refractivity (Wildman–Crippen MR) is 53.7 cm³/mol. The third-order valence-corrected chi connectivity index (χ3v) is 4.35. The summed E-state index contributed by atoms with van der Waals surface area (Å²) in [5.74, 6) is 0. The molecular formula is C6H11ClO4S2. The monoisotopic (exact) mass is 246 g/mol. The number of hydrogen-bond acceptors (Lipinski definition) is 5. The maximum atomic E-state index is 10.8. The van der Waals surface area contributed by atoms with E-state index in [0.29, 0.717) is 0 Å². The first-order valence-electron chi connectivity index (χ1n) is 3.46. The summed E-state index contributed by atoms with van der Waals surface area (Å²) in [6.07, 6.45) is 0.577. The van der Waals surface area contributed by atoms with Gasteiger partial charge in [-0.2, -0.15) is 0 Å². The van der Waals surface area contributed by atoms with Crippen LogP contribution >= 0.6 is 22.4 Å². The lowest BCUT2D eigenvalue weighted by atomic mass is 10.3. The molecule has 0 radical (unpaired) electrons. The molecule has 2 atom stereocenters. The van der Waals surface area contributed by atoms with Crippen LogP contribution in [0.5, 0.6) is 0 Å². The van der Waals surface area contributed by atoms with Crippen molar-refractivity contribution in [1.82, 2.24) is 0 Å². The normalized spacial score (nSPS) is 16.3. The lowest BCUT2D eigenvalue weighted by Gasteiger charge is -2.16. The Morgan fingerprint density at radius 2 is 1.92 bits per heavy atom. The number of carbonyl (C=O) groups is 1. The van der Waals surface area contributed by atoms with Crippen LogP contribution in [-0.2, 0) is 13.6 Å². The maximum absolute atomic E-state index is 10.8. The molecule has 13 heavy (non-hydrogen) atoms. The second-order valence-corrected chi connectivity index (χ2v) is 7.61. The first-order chi connectivity index (χ1) is 5.72. The molecule has 0 bridgehead atoms. The van der Waals surface area contributed by atoms with Crippen LogP contribution in [0, 0.1) is 0 Å². The summed E-state index contributed by atoms with van der Waals surface area (Å²) in [6.45, 7) is 3.24. The Labute approximate surface area is 86.3 Å². The summed E-state index contributed by atoms with van der Waals surface area (Å²) < 4.78 is 26.2. The van der Waals surface area contributed by atoms with Crippen LogP contribution in [0.3, 0.4) is 0 Å². The molecule has 4 nitrogen and oxygen atoms in total. The molecule has 78 valence electrons. The highest BCUT2D eigenvalue weighted by Crippen LogP contribution is 2.22. The molecule has 0 saturated carbocycles. The van der Waals surface area contributed by atoms with Crippen molar-refractivity contribution in [2.75, 3.05) is 6.26 Å². The Morgan fingerprint density at radius 1 is 1.46 bits per heavy atom. The molecular weight excluding hydrogens is 236 g/mol. The minimum absolute atomic E-state index is 0.335. The van der Waals surface area contributed by atoms with Gasteiger partial charge in [0, 0.05) is 17.9 Å². The van der Waals surface area contributed by atoms with Crippen LogP contribution < -0.4 is 0 Å². The van der Waals surface area contributed by atoms with Gasteiger partial charge in [-0.25, -0.2) is 13.2 Å². The van der Waals surface area contributed by atoms with Crippen LogP contribution in [-0.4, -0.2) is 31.5 Å². The van der Waals surface area contributed by atoms with E-state index in [9.17, 15) is 13.2 Å². The van der Waals surface area contributed by atoms with Crippen LogP contribution in [0.4, 0.5) is 4.79 Å². The summed E-state index contributed by atoms with van der Waals surface area (Å²) >= 11 is 4.97. The molecule has 0 aliphatic carbocycles. The van der Waals surface area contributed by atoms with Gasteiger partial charge >= 0.3 is 5.43 Å². The van der Waals surface area contributed by atoms with Crippen molar-refractivity contribution >= 4 is 36.7 Å². The van der Waals surface area contributed by atoms with Gasteiger partial charge in [-0.15, -0.1) is 0 Å². The topological polar surface area (TPSA) is 60.4 Å². The van der Waals surface area contributed by atoms with Gasteiger partial charge < -0.3 is 4.74 Å². The van der Waals surface area contributed by atoms with Crippen molar-refractivity contribution in [2.45, 2.75) is 25.2 Å². The standard InChI is InChI=1S/C6H11ClO4S2/c1-4(11-6(7)8)5(2)12-13(3,9)10/h4-5H,1-3H3. The fourth-order valence-electron chi connectivity index (χ4n) is 0.596. The molecule has 0 aliphatic heterocycles. The van der Waals surface area contributed by atoms with E-state index in [4.69, 9.17) is 11.6 Å². The number of hydrogen-bond donors (Lipinski definition) is 0. The van der Waals surface area contributed by atoms with E-state index < -0.39 is 20.4 Å². The first kappa shape index (κ1) is 13.1. The summed E-state index contributed by atoms with van der Waals surface area (Å²) in [4.78, 5) is 10.3. The number of carbonyl (C=O) groups excluding carboxylic acids is 1. The van der Waals surface area contributed by atoms with E-state index >= 15 is 0 Å². The number of ether oxygens (including phenoxy) is 1. The lowest BCUT2D eigenvalue weighted by Crippen LogP contribution is -2.22. The zero-order valence-electron chi connectivity index (χ0n) is 7.48. The largest absolute Gasteiger partial charge is 0.449 e. The van der Waals surface area contributed by atoms with E-state index in [-0.39, 0.29) is 5.25 Å². The van der Waals surface area contributed by atoms with Crippen molar-refractivity contribution in [3.05, 3.63) is 0 Å². The van der Waals surface area contributed by atoms with E-state index in [0.717, 1.165) is 17.0 Å². The molecule has 0 N–H and O–H groups in total. The van der Waals surface area contributed by atoms with Crippen LogP contribution in [0.2, 0.25) is 0 Å². The predicted octanol–water partition coefficient (Wildman–Crippen LogP) is 1.83. The Balaban J connectivity index is 4.11. The maximum Gasteiger partial charge on any atom is 0.404 e. The molecule has 7 heteroatoms. The van der Waals surface area contributed by atoms with Gasteiger partial charge in [0.05, 0.1) is 5.25 Å². The first-order valence-corrected chi connectivity index (χ1v) is 7.13. The van der Waals surface area contributed by atoms with Gasteiger partial charge in [-0.05, 0) is 24.6 Å². The van der Waals surface area contributed by atoms with Gasteiger partial charge in [-0.3, -0.25) is 0 Å². The average Bonchev–Trinajstić information content (AvgIpc) is 1.81. The molecule has 0 fully saturated rings. The van der Waals surface area contributed by atoms with Gasteiger partial charge in [0.15, 0.2) is 8.87 Å². The highest BCUT2D eigenvalue weighted by atomic mass is 35.5. The van der Waals surface area contributed by atoms with Crippen molar-refractivity contribution < 1.29 is 17.9 Å². The van der Waals surface area contributed by atoms with Crippen molar-refractivity contribution in [3.8, 4) is 0 Å². The molecule has 0 rings (SSSR count). The van der Waals surface area contributed by atoms with Gasteiger partial charge in [-0.1, -0.05) is 0 Å². The molecule has 0 aromatic heterocycles. The minimum Gasteiger partial charge on any atom is -0.449 e. The molecule has 0 saturated heterocycles. The van der Waals surface area contributed by atoms with E-state index in [1.165, 1.54) is 0 Å². The highest BCUT2D eigenvalue weighted by molar-refractivity contribution is 8.72.